The first-order valence-corrected chi connectivity index (χ1v) is 12.2. The minimum atomic E-state index is -3.88. The van der Waals surface area contributed by atoms with Crippen LogP contribution in [0.2, 0.25) is 0 Å². The van der Waals surface area contributed by atoms with Gasteiger partial charge in [0.1, 0.15) is 34.5 Å². The van der Waals surface area contributed by atoms with Crippen LogP contribution in [0.25, 0.3) is 17.0 Å². The summed E-state index contributed by atoms with van der Waals surface area (Å²) in [7, 11) is 2.09. The average molecular weight is 516 g/mol. The Morgan fingerprint density at radius 2 is 1.56 bits per heavy atom. The van der Waals surface area contributed by atoms with E-state index >= 15 is 0 Å². The molecule has 0 unspecified atom stereocenters. The third kappa shape index (κ3) is 5.11. The molecule has 36 heavy (non-hydrogen) atoms. The number of sulfonamides is 1. The Hall–Kier alpha value is -4.10. The molecule has 0 aliphatic rings. The fourth-order valence-corrected chi connectivity index (χ4v) is 4.60. The van der Waals surface area contributed by atoms with Gasteiger partial charge >= 0.3 is 0 Å². The highest BCUT2D eigenvalue weighted by atomic mass is 32.2. The second kappa shape index (κ2) is 10.7. The van der Waals surface area contributed by atoms with Gasteiger partial charge in [0.2, 0.25) is 15.9 Å². The summed E-state index contributed by atoms with van der Waals surface area (Å²) >= 11 is 0. The summed E-state index contributed by atoms with van der Waals surface area (Å²) in [5, 5.41) is 12.8. The van der Waals surface area contributed by atoms with Gasteiger partial charge in [0.15, 0.2) is 11.5 Å². The minimum Gasteiger partial charge on any atom is -0.497 e. The van der Waals surface area contributed by atoms with Crippen LogP contribution in [0.15, 0.2) is 53.4 Å². The highest BCUT2D eigenvalue weighted by Crippen LogP contribution is 2.32. The highest BCUT2D eigenvalue weighted by Gasteiger charge is 2.20. The van der Waals surface area contributed by atoms with Crippen molar-refractivity contribution < 1.29 is 32.1 Å². The van der Waals surface area contributed by atoms with Crippen molar-refractivity contribution in [1.82, 2.24) is 24.5 Å². The Bertz CT molecular complexity index is 1470. The lowest BCUT2D eigenvalue weighted by molar-refractivity contribution is 0.305. The molecule has 13 heteroatoms. The van der Waals surface area contributed by atoms with E-state index in [0.29, 0.717) is 34.3 Å². The lowest BCUT2D eigenvalue weighted by atomic mass is 10.2. The van der Waals surface area contributed by atoms with E-state index in [4.69, 9.17) is 23.7 Å². The maximum Gasteiger partial charge on any atom is 0.244 e. The molecular weight excluding hydrogens is 490 g/mol. The molecule has 0 saturated carbocycles. The monoisotopic (exact) mass is 515 g/mol. The van der Waals surface area contributed by atoms with Gasteiger partial charge in [0.25, 0.3) is 0 Å². The van der Waals surface area contributed by atoms with Crippen molar-refractivity contribution in [2.24, 2.45) is 0 Å². The Kier molecular flexibility index (Phi) is 7.41. The first-order chi connectivity index (χ1) is 17.4. The molecule has 4 aromatic rings. The van der Waals surface area contributed by atoms with Crippen molar-refractivity contribution >= 4 is 15.7 Å². The van der Waals surface area contributed by atoms with Crippen LogP contribution >= 0.6 is 0 Å². The maximum absolute atomic E-state index is 12.8. The Morgan fingerprint density at radius 3 is 2.28 bits per heavy atom. The van der Waals surface area contributed by atoms with Crippen molar-refractivity contribution in [3.05, 3.63) is 48.5 Å². The van der Waals surface area contributed by atoms with E-state index < -0.39 is 10.0 Å². The molecular formula is C23H25N5O7S. The molecule has 2 heterocycles. The molecule has 4 rings (SSSR count). The number of benzene rings is 2. The van der Waals surface area contributed by atoms with Gasteiger partial charge in [-0.2, -0.15) is 4.52 Å². The Morgan fingerprint density at radius 1 is 0.833 bits per heavy atom. The summed E-state index contributed by atoms with van der Waals surface area (Å²) < 4.78 is 56.3. The number of nitrogens with one attached hydrogen (secondary N) is 1. The van der Waals surface area contributed by atoms with Crippen LogP contribution < -0.4 is 28.4 Å². The van der Waals surface area contributed by atoms with Crippen LogP contribution in [0.1, 0.15) is 0 Å². The zero-order chi connectivity index (χ0) is 25.7. The first-order valence-electron chi connectivity index (χ1n) is 10.7. The number of aromatic nitrogens is 4. The standard InChI is InChI=1S/C23H25N5O7S/c1-31-15-5-7-17(19(13-15)34-4)23-26-25-21-9-10-22(27-28(21)23)35-12-11-24-36(29,30)20-14-16(32-2)6-8-18(20)33-3/h5-10,13-14,24H,11-12H2,1-4H3. The number of hydrogen-bond donors (Lipinski definition) is 1. The van der Waals surface area contributed by atoms with Crippen LogP contribution in [0.4, 0.5) is 0 Å². The molecule has 0 saturated heterocycles. The topological polar surface area (TPSA) is 135 Å². The lowest BCUT2D eigenvalue weighted by Crippen LogP contribution is -2.28. The molecule has 0 amide bonds. The predicted octanol–water partition coefficient (Wildman–Crippen LogP) is 2.18. The molecule has 2 aromatic carbocycles. The molecule has 0 aliphatic heterocycles. The van der Waals surface area contributed by atoms with Gasteiger partial charge in [0.05, 0.1) is 34.0 Å². The van der Waals surface area contributed by atoms with Gasteiger partial charge in [-0.15, -0.1) is 15.3 Å². The van der Waals surface area contributed by atoms with Crippen LogP contribution in [0, 0.1) is 0 Å². The van der Waals surface area contributed by atoms with Gasteiger partial charge in [-0.1, -0.05) is 0 Å². The van der Waals surface area contributed by atoms with Crippen LogP contribution in [0.3, 0.4) is 0 Å². The Balaban J connectivity index is 1.48. The van der Waals surface area contributed by atoms with Gasteiger partial charge < -0.3 is 23.7 Å². The molecule has 0 fully saturated rings. The normalized spacial score (nSPS) is 11.3. The number of ether oxygens (including phenoxy) is 5. The molecule has 0 bridgehead atoms. The lowest BCUT2D eigenvalue weighted by Gasteiger charge is -2.12. The SMILES string of the molecule is COc1ccc(-c2nnc3ccc(OCCNS(=O)(=O)c4cc(OC)ccc4OC)nn23)c(OC)c1. The number of methoxy groups -OCH3 is 4. The number of hydrogen-bond acceptors (Lipinski definition) is 10. The summed E-state index contributed by atoms with van der Waals surface area (Å²) in [5.41, 5.74) is 1.16. The van der Waals surface area contributed by atoms with Gasteiger partial charge in [0, 0.05) is 24.7 Å². The first kappa shape index (κ1) is 25.0. The second-order valence-electron chi connectivity index (χ2n) is 7.29. The van der Waals surface area contributed by atoms with Gasteiger partial charge in [-0.05, 0) is 30.3 Å². The number of nitrogens with zero attached hydrogens (tertiary/aromatic N) is 4. The minimum absolute atomic E-state index is 0.0102. The van der Waals surface area contributed by atoms with E-state index in [2.05, 4.69) is 20.0 Å². The van der Waals surface area contributed by atoms with E-state index in [0.717, 1.165) is 0 Å². The third-order valence-corrected chi connectivity index (χ3v) is 6.67. The fraction of sp³-hybridized carbons (Fsp3) is 0.261. The molecule has 0 radical (unpaired) electrons. The average Bonchev–Trinajstić information content (AvgIpc) is 3.33. The van der Waals surface area contributed by atoms with Crippen molar-refractivity contribution in [2.45, 2.75) is 4.90 Å². The maximum atomic E-state index is 12.8. The fourth-order valence-electron chi connectivity index (χ4n) is 3.40. The summed E-state index contributed by atoms with van der Waals surface area (Å²) in [6.07, 6.45) is 0. The summed E-state index contributed by atoms with van der Waals surface area (Å²) in [4.78, 5) is -0.0357. The molecule has 2 aromatic heterocycles. The predicted molar refractivity (Wildman–Crippen MR) is 130 cm³/mol. The van der Waals surface area contributed by atoms with Crippen LogP contribution in [-0.4, -0.2) is 69.8 Å². The van der Waals surface area contributed by atoms with E-state index in [1.54, 1.807) is 50.6 Å². The molecule has 190 valence electrons. The molecule has 0 aliphatic carbocycles. The van der Waals surface area contributed by atoms with Gasteiger partial charge in [-0.3, -0.25) is 0 Å². The van der Waals surface area contributed by atoms with Crippen molar-refractivity contribution in [2.75, 3.05) is 41.6 Å². The van der Waals surface area contributed by atoms with E-state index in [1.807, 2.05) is 0 Å². The van der Waals surface area contributed by atoms with E-state index in [9.17, 15) is 8.42 Å². The third-order valence-electron chi connectivity index (χ3n) is 5.19. The van der Waals surface area contributed by atoms with E-state index in [-0.39, 0.29) is 29.7 Å². The van der Waals surface area contributed by atoms with Crippen molar-refractivity contribution in [3.63, 3.8) is 0 Å². The summed E-state index contributed by atoms with van der Waals surface area (Å²) in [6, 6.07) is 13.2. The highest BCUT2D eigenvalue weighted by molar-refractivity contribution is 7.89. The molecule has 0 spiro atoms. The van der Waals surface area contributed by atoms with E-state index in [1.165, 1.54) is 30.9 Å². The quantitative estimate of drug-likeness (QED) is 0.296. The Labute approximate surface area is 207 Å². The zero-order valence-electron chi connectivity index (χ0n) is 20.1. The smallest absolute Gasteiger partial charge is 0.244 e. The number of fused-ring (bicyclic) bond motifs is 1. The van der Waals surface area contributed by atoms with Gasteiger partial charge in [-0.25, -0.2) is 13.1 Å². The summed E-state index contributed by atoms with van der Waals surface area (Å²) in [6.45, 7) is 0.0110. The zero-order valence-corrected chi connectivity index (χ0v) is 20.9. The molecule has 1 N–H and O–H groups in total. The second-order valence-corrected chi connectivity index (χ2v) is 9.03. The van der Waals surface area contributed by atoms with Crippen LogP contribution in [0.5, 0.6) is 28.9 Å². The van der Waals surface area contributed by atoms with Crippen molar-refractivity contribution in [3.8, 4) is 40.3 Å². The summed E-state index contributed by atoms with van der Waals surface area (Å²) in [5.74, 6) is 2.47. The molecule has 0 atom stereocenters. The van der Waals surface area contributed by atoms with Crippen molar-refractivity contribution in [1.29, 1.82) is 0 Å². The largest absolute Gasteiger partial charge is 0.497 e. The molecule has 12 nitrogen and oxygen atoms in total. The number of rotatable bonds is 11. The van der Waals surface area contributed by atoms with Crippen LogP contribution in [-0.2, 0) is 10.0 Å².